The van der Waals surface area contributed by atoms with Gasteiger partial charge >= 0.3 is 0 Å². The third-order valence-corrected chi connectivity index (χ3v) is 10.4. The fourth-order valence-corrected chi connectivity index (χ4v) is 9.12. The number of amides is 3. The number of β-amino-alcohol motifs (C(OH)–C–C–N with tert-alkyl or cyclic N) is 1. The number of carbonyl (C=O) groups is 3. The van der Waals surface area contributed by atoms with E-state index in [-0.39, 0.29) is 42.0 Å². The van der Waals surface area contributed by atoms with Crippen molar-refractivity contribution in [2.45, 2.75) is 50.2 Å². The molecule has 3 aliphatic rings. The first-order chi connectivity index (χ1) is 18.2. The van der Waals surface area contributed by atoms with Crippen LogP contribution in [0.15, 0.2) is 42.5 Å². The summed E-state index contributed by atoms with van der Waals surface area (Å²) in [6, 6.07) is 12.2. The number of aliphatic hydroxyl groups is 1. The zero-order chi connectivity index (χ0) is 27.2. The standard InChI is InChI=1S/C29H35N3O5S/c1-5-37-20-11-9-19(10-12-20)30-26(34)22-21-15-18(4)29(38-21)23(22)28(36)32(13-14-33)25(29)27(35)31-24-16(2)7-6-8-17(24)3/h6-12,18,21-23,25,33H,5,13-15H2,1-4H3,(H,30,34)(H,31,35)/t18?,21-,22+,23-,25?,29?/m0/s1. The first-order valence-electron chi connectivity index (χ1n) is 13.2. The topological polar surface area (TPSA) is 108 Å². The number of fused-ring (bicyclic) bond motifs is 1. The molecule has 0 aliphatic carbocycles. The first kappa shape index (κ1) is 26.6. The minimum Gasteiger partial charge on any atom is -0.494 e. The fraction of sp³-hybridized carbons (Fsp3) is 0.483. The van der Waals surface area contributed by atoms with Crippen molar-refractivity contribution in [1.29, 1.82) is 0 Å². The van der Waals surface area contributed by atoms with Crippen LogP contribution in [-0.2, 0) is 14.4 Å². The van der Waals surface area contributed by atoms with Crippen molar-refractivity contribution in [2.75, 3.05) is 30.4 Å². The van der Waals surface area contributed by atoms with Crippen LogP contribution < -0.4 is 15.4 Å². The van der Waals surface area contributed by atoms with Gasteiger partial charge in [-0.3, -0.25) is 14.4 Å². The predicted octanol–water partition coefficient (Wildman–Crippen LogP) is 3.61. The summed E-state index contributed by atoms with van der Waals surface area (Å²) in [5.41, 5.74) is 3.25. The molecule has 6 atom stereocenters. The molecule has 2 aromatic rings. The van der Waals surface area contributed by atoms with Crippen LogP contribution in [0.5, 0.6) is 5.75 Å². The summed E-state index contributed by atoms with van der Waals surface area (Å²) in [7, 11) is 0. The second-order valence-electron chi connectivity index (χ2n) is 10.5. The van der Waals surface area contributed by atoms with Crippen LogP contribution in [0.3, 0.4) is 0 Å². The molecule has 8 nitrogen and oxygen atoms in total. The van der Waals surface area contributed by atoms with E-state index in [1.807, 2.05) is 39.0 Å². The molecule has 3 N–H and O–H groups in total. The van der Waals surface area contributed by atoms with Gasteiger partial charge in [0.1, 0.15) is 11.8 Å². The predicted molar refractivity (Wildman–Crippen MR) is 148 cm³/mol. The summed E-state index contributed by atoms with van der Waals surface area (Å²) in [5.74, 6) is -1.12. The Labute approximate surface area is 227 Å². The highest BCUT2D eigenvalue weighted by Crippen LogP contribution is 2.68. The fourth-order valence-electron chi connectivity index (χ4n) is 6.70. The molecule has 9 heteroatoms. The lowest BCUT2D eigenvalue weighted by atomic mass is 9.66. The van der Waals surface area contributed by atoms with Crippen LogP contribution >= 0.6 is 11.8 Å². The number of para-hydroxylation sites is 1. The smallest absolute Gasteiger partial charge is 0.248 e. The second-order valence-corrected chi connectivity index (χ2v) is 12.1. The number of nitrogens with zero attached hydrogens (tertiary/aromatic N) is 1. The quantitative estimate of drug-likeness (QED) is 0.475. The maximum Gasteiger partial charge on any atom is 0.248 e. The molecular formula is C29H35N3O5S. The van der Waals surface area contributed by atoms with Crippen LogP contribution in [0, 0.1) is 31.6 Å². The van der Waals surface area contributed by atoms with Crippen LogP contribution in [-0.4, -0.2) is 63.5 Å². The lowest BCUT2D eigenvalue weighted by Gasteiger charge is -2.38. The van der Waals surface area contributed by atoms with Gasteiger partial charge < -0.3 is 25.4 Å². The molecule has 0 aromatic heterocycles. The van der Waals surface area contributed by atoms with E-state index in [2.05, 4.69) is 17.6 Å². The monoisotopic (exact) mass is 537 g/mol. The zero-order valence-corrected chi connectivity index (χ0v) is 23.0. The Morgan fingerprint density at radius 1 is 1.11 bits per heavy atom. The lowest BCUT2D eigenvalue weighted by Crippen LogP contribution is -2.55. The number of benzene rings is 2. The van der Waals surface area contributed by atoms with Crippen molar-refractivity contribution in [2.24, 2.45) is 17.8 Å². The van der Waals surface area contributed by atoms with Gasteiger partial charge in [0.15, 0.2) is 0 Å². The van der Waals surface area contributed by atoms with Crippen molar-refractivity contribution in [1.82, 2.24) is 4.90 Å². The molecule has 202 valence electrons. The summed E-state index contributed by atoms with van der Waals surface area (Å²) in [6.45, 7) is 8.21. The summed E-state index contributed by atoms with van der Waals surface area (Å²) >= 11 is 1.62. The number of carbonyl (C=O) groups excluding carboxylic acids is 3. The molecule has 3 amide bonds. The molecular weight excluding hydrogens is 502 g/mol. The summed E-state index contributed by atoms with van der Waals surface area (Å²) in [5, 5.41) is 15.9. The van der Waals surface area contributed by atoms with Crippen LogP contribution in [0.25, 0.3) is 0 Å². The van der Waals surface area contributed by atoms with E-state index in [1.54, 1.807) is 36.0 Å². The number of anilines is 2. The number of nitrogens with one attached hydrogen (secondary N) is 2. The Morgan fingerprint density at radius 2 is 1.79 bits per heavy atom. The van der Waals surface area contributed by atoms with Gasteiger partial charge in [0.05, 0.1) is 29.8 Å². The number of hydrogen-bond donors (Lipinski definition) is 3. The Morgan fingerprint density at radius 3 is 2.42 bits per heavy atom. The van der Waals surface area contributed by atoms with Gasteiger partial charge in [0.2, 0.25) is 17.7 Å². The first-order valence-corrected chi connectivity index (χ1v) is 14.1. The van der Waals surface area contributed by atoms with Crippen LogP contribution in [0.1, 0.15) is 31.4 Å². The summed E-state index contributed by atoms with van der Waals surface area (Å²) in [6.07, 6.45) is 0.746. The van der Waals surface area contributed by atoms with Gasteiger partial charge in [0, 0.05) is 23.2 Å². The Balaban J connectivity index is 1.46. The van der Waals surface area contributed by atoms with Gasteiger partial charge in [-0.15, -0.1) is 11.8 Å². The molecule has 3 aliphatic heterocycles. The Kier molecular flexibility index (Phi) is 7.17. The Hall–Kier alpha value is -3.04. The zero-order valence-electron chi connectivity index (χ0n) is 22.2. The number of aliphatic hydroxyl groups excluding tert-OH is 1. The number of ether oxygens (including phenoxy) is 1. The number of likely N-dealkylation sites (tertiary alicyclic amines) is 1. The van der Waals surface area contributed by atoms with Crippen molar-refractivity contribution in [3.8, 4) is 5.75 Å². The molecule has 0 saturated carbocycles. The highest BCUT2D eigenvalue weighted by atomic mass is 32.2. The summed E-state index contributed by atoms with van der Waals surface area (Å²) in [4.78, 5) is 43.0. The molecule has 5 rings (SSSR count). The largest absolute Gasteiger partial charge is 0.494 e. The maximum atomic E-state index is 14.0. The van der Waals surface area contributed by atoms with Crippen molar-refractivity contribution < 1.29 is 24.2 Å². The molecule has 3 saturated heterocycles. The van der Waals surface area contributed by atoms with Crippen molar-refractivity contribution in [3.63, 3.8) is 0 Å². The van der Waals surface area contributed by atoms with E-state index >= 15 is 0 Å². The van der Waals surface area contributed by atoms with Crippen molar-refractivity contribution >= 4 is 40.9 Å². The van der Waals surface area contributed by atoms with E-state index in [9.17, 15) is 19.5 Å². The van der Waals surface area contributed by atoms with E-state index in [0.717, 1.165) is 29.0 Å². The van der Waals surface area contributed by atoms with E-state index in [4.69, 9.17) is 4.74 Å². The molecule has 3 fully saturated rings. The minimum absolute atomic E-state index is 0.0487. The molecule has 1 spiro atoms. The maximum absolute atomic E-state index is 14.0. The SMILES string of the molecule is CCOc1ccc(NC(=O)[C@@H]2[C@@H]3CC(C)C4(S3)C(C(=O)Nc3c(C)cccc3C)N(CCO)C(=O)[C@H]24)cc1. The van der Waals surface area contributed by atoms with Gasteiger partial charge in [0.25, 0.3) is 0 Å². The normalized spacial score (nSPS) is 29.3. The lowest BCUT2D eigenvalue weighted by molar-refractivity contribution is -0.138. The highest BCUT2D eigenvalue weighted by molar-refractivity contribution is 8.02. The van der Waals surface area contributed by atoms with Crippen LogP contribution in [0.2, 0.25) is 0 Å². The van der Waals surface area contributed by atoms with Gasteiger partial charge in [-0.05, 0) is 68.5 Å². The molecule has 2 aromatic carbocycles. The van der Waals surface area contributed by atoms with Crippen molar-refractivity contribution in [3.05, 3.63) is 53.6 Å². The number of aryl methyl sites for hydroxylation is 2. The number of thioether (sulfide) groups is 1. The minimum atomic E-state index is -0.778. The summed E-state index contributed by atoms with van der Waals surface area (Å²) < 4.78 is 4.75. The van der Waals surface area contributed by atoms with Gasteiger partial charge in [-0.25, -0.2) is 0 Å². The number of hydrogen-bond acceptors (Lipinski definition) is 6. The molecule has 3 heterocycles. The molecule has 2 bridgehead atoms. The average Bonchev–Trinajstić information content (AvgIpc) is 3.47. The Bertz CT molecular complexity index is 1230. The van der Waals surface area contributed by atoms with E-state index < -0.39 is 22.6 Å². The number of rotatable bonds is 8. The van der Waals surface area contributed by atoms with Gasteiger partial charge in [-0.1, -0.05) is 25.1 Å². The molecule has 3 unspecified atom stereocenters. The van der Waals surface area contributed by atoms with Crippen LogP contribution in [0.4, 0.5) is 11.4 Å². The van der Waals surface area contributed by atoms with E-state index in [1.165, 1.54) is 4.90 Å². The highest BCUT2D eigenvalue weighted by Gasteiger charge is 2.75. The van der Waals surface area contributed by atoms with Gasteiger partial charge in [-0.2, -0.15) is 0 Å². The molecule has 38 heavy (non-hydrogen) atoms. The molecule has 0 radical (unpaired) electrons. The average molecular weight is 538 g/mol. The third-order valence-electron chi connectivity index (χ3n) is 8.30. The van der Waals surface area contributed by atoms with E-state index in [0.29, 0.717) is 12.3 Å². The third kappa shape index (κ3) is 4.16. The second kappa shape index (κ2) is 10.3.